The summed E-state index contributed by atoms with van der Waals surface area (Å²) < 4.78 is 5.54. The predicted molar refractivity (Wildman–Crippen MR) is 114 cm³/mol. The summed E-state index contributed by atoms with van der Waals surface area (Å²) in [5, 5.41) is 12.6. The molecule has 2 bridgehead atoms. The van der Waals surface area contributed by atoms with E-state index in [1.165, 1.54) is 6.07 Å². The second kappa shape index (κ2) is 6.65. The van der Waals surface area contributed by atoms with Gasteiger partial charge in [0.25, 0.3) is 5.69 Å². The number of rotatable bonds is 2. The summed E-state index contributed by atoms with van der Waals surface area (Å²) in [5.41, 5.74) is 0.0774. The molecule has 31 heavy (non-hydrogen) atoms. The third kappa shape index (κ3) is 3.03. The van der Waals surface area contributed by atoms with Crippen LogP contribution < -0.4 is 4.90 Å². The van der Waals surface area contributed by atoms with Crippen molar-refractivity contribution in [1.29, 1.82) is 0 Å². The van der Waals surface area contributed by atoms with Gasteiger partial charge >= 0.3 is 6.09 Å². The number of nitro benzene ring substituents is 1. The topological polar surface area (TPSA) is 96.2 Å². The minimum absolute atomic E-state index is 0.0164. The zero-order valence-corrected chi connectivity index (χ0v) is 17.6. The van der Waals surface area contributed by atoms with Crippen molar-refractivity contribution in [2.24, 2.45) is 0 Å². The van der Waals surface area contributed by atoms with Crippen molar-refractivity contribution in [3.8, 4) is 0 Å². The number of hydrogen-bond acceptors (Lipinski definition) is 6. The summed E-state index contributed by atoms with van der Waals surface area (Å²) in [4.78, 5) is 42.7. The molecule has 0 aliphatic carbocycles. The molecule has 0 radical (unpaired) electrons. The van der Waals surface area contributed by atoms with E-state index in [0.717, 1.165) is 6.42 Å². The fourth-order valence-corrected chi connectivity index (χ4v) is 5.12. The van der Waals surface area contributed by atoms with Crippen molar-refractivity contribution in [1.82, 2.24) is 9.80 Å². The van der Waals surface area contributed by atoms with E-state index in [1.54, 1.807) is 34.1 Å². The summed E-state index contributed by atoms with van der Waals surface area (Å²) in [6.07, 6.45) is 0.372. The molecule has 2 aromatic rings. The van der Waals surface area contributed by atoms with Gasteiger partial charge in [-0.2, -0.15) is 0 Å². The number of fused-ring (bicyclic) bond motifs is 6. The van der Waals surface area contributed by atoms with Crippen molar-refractivity contribution < 1.29 is 19.2 Å². The molecule has 3 saturated heterocycles. The number of anilines is 1. The first-order valence-electron chi connectivity index (χ1n) is 10.4. The van der Waals surface area contributed by atoms with Crippen LogP contribution in [-0.2, 0) is 9.53 Å². The third-order valence-corrected chi connectivity index (χ3v) is 6.33. The lowest BCUT2D eigenvalue weighted by Crippen LogP contribution is -2.55. The summed E-state index contributed by atoms with van der Waals surface area (Å²) in [6.45, 7) is 6.43. The maximum absolute atomic E-state index is 13.5. The molecule has 9 nitrogen and oxygen atoms in total. The van der Waals surface area contributed by atoms with Gasteiger partial charge in [-0.3, -0.25) is 24.7 Å². The Labute approximate surface area is 179 Å². The van der Waals surface area contributed by atoms with Crippen LogP contribution in [0.25, 0.3) is 10.8 Å². The lowest BCUT2D eigenvalue weighted by Gasteiger charge is -2.35. The second-order valence-electron chi connectivity index (χ2n) is 9.36. The molecule has 3 atom stereocenters. The minimum Gasteiger partial charge on any atom is -0.444 e. The Hall–Kier alpha value is -3.20. The zero-order valence-electron chi connectivity index (χ0n) is 17.6. The maximum atomic E-state index is 13.5. The van der Waals surface area contributed by atoms with Crippen LogP contribution in [0.3, 0.4) is 0 Å². The van der Waals surface area contributed by atoms with Crippen LogP contribution in [0.5, 0.6) is 0 Å². The van der Waals surface area contributed by atoms with E-state index in [1.807, 2.05) is 26.8 Å². The molecular formula is C22H24N4O5. The van der Waals surface area contributed by atoms with Crippen molar-refractivity contribution in [2.75, 3.05) is 18.1 Å². The molecular weight excluding hydrogens is 400 g/mol. The number of benzene rings is 2. The van der Waals surface area contributed by atoms with E-state index in [2.05, 4.69) is 4.90 Å². The van der Waals surface area contributed by atoms with Gasteiger partial charge in [-0.15, -0.1) is 0 Å². The van der Waals surface area contributed by atoms with Gasteiger partial charge in [0.05, 0.1) is 28.7 Å². The van der Waals surface area contributed by atoms with Crippen LogP contribution in [0.1, 0.15) is 27.2 Å². The Bertz CT molecular complexity index is 1110. The van der Waals surface area contributed by atoms with E-state index in [4.69, 9.17) is 4.74 Å². The summed E-state index contributed by atoms with van der Waals surface area (Å²) in [6, 6.07) is 9.63. The van der Waals surface area contributed by atoms with E-state index in [0.29, 0.717) is 29.7 Å². The van der Waals surface area contributed by atoms with Gasteiger partial charge in [0, 0.05) is 24.0 Å². The summed E-state index contributed by atoms with van der Waals surface area (Å²) >= 11 is 0. The van der Waals surface area contributed by atoms with Gasteiger partial charge in [-0.05, 0) is 39.3 Å². The molecule has 0 aromatic heterocycles. The fraction of sp³-hybridized carbons (Fsp3) is 0.455. The second-order valence-corrected chi connectivity index (χ2v) is 9.36. The smallest absolute Gasteiger partial charge is 0.410 e. The molecule has 3 fully saturated rings. The first kappa shape index (κ1) is 19.7. The monoisotopic (exact) mass is 424 g/mol. The number of ether oxygens (including phenoxy) is 1. The number of hydrogen-bond donors (Lipinski definition) is 0. The third-order valence-electron chi connectivity index (χ3n) is 6.33. The normalized spacial score (nSPS) is 25.4. The van der Waals surface area contributed by atoms with Crippen LogP contribution in [0.2, 0.25) is 0 Å². The molecule has 9 heteroatoms. The largest absolute Gasteiger partial charge is 0.444 e. The first-order chi connectivity index (χ1) is 14.7. The SMILES string of the molecule is CC(C)(C)OC(=O)N1CC2CC1[C@@H]1C(=O)N(c3ccc([N+](=O)[O-])c4ccccc34)CN21. The first-order valence-corrected chi connectivity index (χ1v) is 10.4. The Kier molecular flexibility index (Phi) is 4.23. The molecule has 2 unspecified atom stereocenters. The Morgan fingerprint density at radius 3 is 2.55 bits per heavy atom. The number of carbonyl (C=O) groups is 2. The highest BCUT2D eigenvalue weighted by Crippen LogP contribution is 2.43. The molecule has 2 amide bonds. The maximum Gasteiger partial charge on any atom is 0.410 e. The number of amides is 2. The highest BCUT2D eigenvalue weighted by atomic mass is 16.6. The van der Waals surface area contributed by atoms with E-state index in [9.17, 15) is 19.7 Å². The minimum atomic E-state index is -0.595. The number of piperazine rings is 1. The quantitative estimate of drug-likeness (QED) is 0.543. The van der Waals surface area contributed by atoms with Crippen LogP contribution in [0.15, 0.2) is 36.4 Å². The lowest BCUT2D eigenvalue weighted by atomic mass is 10.0. The van der Waals surface area contributed by atoms with Crippen molar-refractivity contribution in [3.63, 3.8) is 0 Å². The standard InChI is InChI=1S/C22H24N4O5/c1-22(2,3)31-21(28)23-11-13-10-18(23)19-20(27)25(12-24(13)19)16-8-9-17(26(29)30)15-7-5-4-6-14(15)16/h4-9,13,18-19H,10-12H2,1-3H3/t13?,18?,19-/m1/s1. The molecule has 2 aromatic carbocycles. The molecule has 162 valence electrons. The van der Waals surface area contributed by atoms with E-state index in [-0.39, 0.29) is 29.8 Å². The van der Waals surface area contributed by atoms with Crippen molar-refractivity contribution in [3.05, 3.63) is 46.5 Å². The van der Waals surface area contributed by atoms with Gasteiger partial charge in [0.2, 0.25) is 5.91 Å². The average Bonchev–Trinajstić information content (AvgIpc) is 3.37. The van der Waals surface area contributed by atoms with Gasteiger partial charge in [0.15, 0.2) is 0 Å². The van der Waals surface area contributed by atoms with Crippen LogP contribution in [0.4, 0.5) is 16.2 Å². The molecule has 0 N–H and O–H groups in total. The summed E-state index contributed by atoms with van der Waals surface area (Å²) in [7, 11) is 0. The number of non-ortho nitro benzene ring substituents is 1. The molecule has 3 heterocycles. The molecule has 0 saturated carbocycles. The van der Waals surface area contributed by atoms with Gasteiger partial charge in [0.1, 0.15) is 11.6 Å². The molecule has 0 spiro atoms. The van der Waals surface area contributed by atoms with Crippen LogP contribution in [-0.4, -0.2) is 63.7 Å². The highest BCUT2D eigenvalue weighted by Gasteiger charge is 2.60. The van der Waals surface area contributed by atoms with E-state index >= 15 is 0 Å². The fourth-order valence-electron chi connectivity index (χ4n) is 5.12. The number of carbonyl (C=O) groups excluding carboxylic acids is 2. The van der Waals surface area contributed by atoms with Gasteiger partial charge in [-0.25, -0.2) is 4.79 Å². The Morgan fingerprint density at radius 1 is 1.16 bits per heavy atom. The number of nitrogens with zero attached hydrogens (tertiary/aromatic N) is 4. The number of likely N-dealkylation sites (tertiary alicyclic amines) is 1. The molecule has 5 rings (SSSR count). The summed E-state index contributed by atoms with van der Waals surface area (Å²) in [5.74, 6) is -0.0836. The molecule has 3 aliphatic rings. The predicted octanol–water partition coefficient (Wildman–Crippen LogP) is 3.11. The molecule has 3 aliphatic heterocycles. The van der Waals surface area contributed by atoms with E-state index < -0.39 is 16.6 Å². The highest BCUT2D eigenvalue weighted by molar-refractivity contribution is 6.09. The van der Waals surface area contributed by atoms with Crippen molar-refractivity contribution in [2.45, 2.75) is 50.9 Å². The van der Waals surface area contributed by atoms with Gasteiger partial charge < -0.3 is 9.64 Å². The number of nitro groups is 1. The zero-order chi connectivity index (χ0) is 22.1. The average molecular weight is 424 g/mol. The van der Waals surface area contributed by atoms with Crippen LogP contribution in [0, 0.1) is 10.1 Å². The van der Waals surface area contributed by atoms with Crippen molar-refractivity contribution >= 4 is 34.1 Å². The Balaban J connectivity index is 1.46. The van der Waals surface area contributed by atoms with Crippen LogP contribution >= 0.6 is 0 Å². The lowest BCUT2D eigenvalue weighted by molar-refractivity contribution is -0.383. The van der Waals surface area contributed by atoms with Gasteiger partial charge in [-0.1, -0.05) is 18.2 Å². The Morgan fingerprint density at radius 2 is 1.87 bits per heavy atom.